The predicted molar refractivity (Wildman–Crippen MR) is 110 cm³/mol. The molecule has 158 valence electrons. The van der Waals surface area contributed by atoms with E-state index in [1.807, 2.05) is 15.9 Å². The maximum atomic E-state index is 14.0. The first-order chi connectivity index (χ1) is 14.5. The monoisotopic (exact) mass is 413 g/mol. The van der Waals surface area contributed by atoms with Gasteiger partial charge in [0.2, 0.25) is 5.91 Å². The highest BCUT2D eigenvalue weighted by Crippen LogP contribution is 2.24. The Morgan fingerprint density at radius 3 is 2.23 bits per heavy atom. The predicted octanol–water partition coefficient (Wildman–Crippen LogP) is 3.17. The van der Waals surface area contributed by atoms with Crippen molar-refractivity contribution < 1.29 is 18.4 Å². The minimum Gasteiger partial charge on any atom is -0.366 e. The number of hydrogen-bond acceptors (Lipinski definition) is 3. The topological polar surface area (TPSA) is 43.9 Å². The van der Waals surface area contributed by atoms with Crippen molar-refractivity contribution in [3.63, 3.8) is 0 Å². The second-order valence-corrected chi connectivity index (χ2v) is 7.86. The van der Waals surface area contributed by atoms with Crippen LogP contribution in [0, 0.1) is 17.6 Å². The van der Waals surface area contributed by atoms with Gasteiger partial charge in [-0.2, -0.15) is 0 Å². The first-order valence-electron chi connectivity index (χ1n) is 10.4. The van der Waals surface area contributed by atoms with Crippen LogP contribution in [0.15, 0.2) is 48.5 Å². The van der Waals surface area contributed by atoms with Gasteiger partial charge in [-0.25, -0.2) is 8.78 Å². The Balaban J connectivity index is 1.35. The normalized spacial score (nSPS) is 19.7. The number of rotatable bonds is 3. The average Bonchev–Trinajstić information content (AvgIpc) is 2.79. The molecule has 2 amide bonds. The number of hydrogen-bond donors (Lipinski definition) is 0. The molecule has 0 unspecified atom stereocenters. The molecule has 30 heavy (non-hydrogen) atoms. The van der Waals surface area contributed by atoms with Crippen LogP contribution in [0.2, 0.25) is 0 Å². The van der Waals surface area contributed by atoms with E-state index in [0.29, 0.717) is 50.5 Å². The van der Waals surface area contributed by atoms with Crippen molar-refractivity contribution in [3.8, 4) is 0 Å². The summed E-state index contributed by atoms with van der Waals surface area (Å²) < 4.78 is 27.1. The van der Waals surface area contributed by atoms with E-state index in [0.717, 1.165) is 12.8 Å². The second-order valence-electron chi connectivity index (χ2n) is 7.86. The molecule has 0 aliphatic carbocycles. The van der Waals surface area contributed by atoms with E-state index in [9.17, 15) is 18.4 Å². The largest absolute Gasteiger partial charge is 0.366 e. The molecule has 5 nitrogen and oxygen atoms in total. The molecule has 2 fully saturated rings. The Bertz CT molecular complexity index is 911. The molecule has 2 aromatic carbocycles. The highest BCUT2D eigenvalue weighted by atomic mass is 19.1. The second kappa shape index (κ2) is 8.81. The van der Waals surface area contributed by atoms with Crippen molar-refractivity contribution in [2.24, 2.45) is 5.92 Å². The van der Waals surface area contributed by atoms with Crippen LogP contribution in [0.25, 0.3) is 0 Å². The number of benzene rings is 2. The van der Waals surface area contributed by atoms with Gasteiger partial charge in [-0.3, -0.25) is 9.59 Å². The lowest BCUT2D eigenvalue weighted by molar-refractivity contribution is -0.137. The number of piperidine rings is 1. The zero-order chi connectivity index (χ0) is 21.1. The van der Waals surface area contributed by atoms with Crippen LogP contribution in [0.1, 0.15) is 23.2 Å². The van der Waals surface area contributed by atoms with E-state index >= 15 is 0 Å². The molecule has 2 saturated heterocycles. The third-order valence-corrected chi connectivity index (χ3v) is 5.93. The smallest absolute Gasteiger partial charge is 0.253 e. The summed E-state index contributed by atoms with van der Waals surface area (Å²) in [5, 5.41) is 0. The number of anilines is 1. The van der Waals surface area contributed by atoms with Crippen LogP contribution >= 0.6 is 0 Å². The summed E-state index contributed by atoms with van der Waals surface area (Å²) >= 11 is 0. The molecular formula is C23H25F2N3O2. The molecule has 0 aromatic heterocycles. The van der Waals surface area contributed by atoms with Gasteiger partial charge in [0.15, 0.2) is 0 Å². The summed E-state index contributed by atoms with van der Waals surface area (Å²) in [5.41, 5.74) is 1.00. The Labute approximate surface area is 174 Å². The molecule has 2 aliphatic rings. The third kappa shape index (κ3) is 4.30. The number of carbonyl (C=O) groups is 2. The highest BCUT2D eigenvalue weighted by Gasteiger charge is 2.33. The fraction of sp³-hybridized carbons (Fsp3) is 0.391. The SMILES string of the molecule is O=C(c1ccc(F)cc1)N1CCC[C@H](C(=O)N2CCN(c3ccccc3F)CC2)C1. The number of para-hydroxylation sites is 1. The number of piperazine rings is 1. The molecule has 0 spiro atoms. The fourth-order valence-electron chi connectivity index (χ4n) is 4.27. The number of halogens is 2. The first kappa shape index (κ1) is 20.3. The van der Waals surface area contributed by atoms with Crippen molar-refractivity contribution >= 4 is 17.5 Å². The maximum absolute atomic E-state index is 14.0. The summed E-state index contributed by atoms with van der Waals surface area (Å²) in [6, 6.07) is 12.2. The summed E-state index contributed by atoms with van der Waals surface area (Å²) in [5.74, 6) is -0.980. The Morgan fingerprint density at radius 2 is 1.53 bits per heavy atom. The lowest BCUT2D eigenvalue weighted by Crippen LogP contribution is -2.53. The van der Waals surface area contributed by atoms with Crippen LogP contribution in [-0.2, 0) is 4.79 Å². The van der Waals surface area contributed by atoms with Gasteiger partial charge in [0.1, 0.15) is 11.6 Å². The number of likely N-dealkylation sites (tertiary alicyclic amines) is 1. The Morgan fingerprint density at radius 1 is 0.833 bits per heavy atom. The first-order valence-corrected chi connectivity index (χ1v) is 10.4. The minimum atomic E-state index is -0.382. The van der Waals surface area contributed by atoms with Crippen molar-refractivity contribution in [2.75, 3.05) is 44.2 Å². The molecular weight excluding hydrogens is 388 g/mol. The van der Waals surface area contributed by atoms with Crippen LogP contribution < -0.4 is 4.90 Å². The number of carbonyl (C=O) groups excluding carboxylic acids is 2. The molecule has 4 rings (SSSR count). The van der Waals surface area contributed by atoms with Crippen molar-refractivity contribution in [1.29, 1.82) is 0 Å². The van der Waals surface area contributed by atoms with E-state index in [4.69, 9.17) is 0 Å². The minimum absolute atomic E-state index is 0.0554. The molecule has 1 atom stereocenters. The average molecular weight is 413 g/mol. The van der Waals surface area contributed by atoms with Gasteiger partial charge >= 0.3 is 0 Å². The van der Waals surface area contributed by atoms with Crippen LogP contribution in [-0.4, -0.2) is 60.9 Å². The lowest BCUT2D eigenvalue weighted by atomic mass is 9.95. The van der Waals surface area contributed by atoms with Gasteiger partial charge in [-0.05, 0) is 49.2 Å². The van der Waals surface area contributed by atoms with E-state index in [1.165, 1.54) is 30.3 Å². The third-order valence-electron chi connectivity index (χ3n) is 5.93. The zero-order valence-electron chi connectivity index (χ0n) is 16.8. The molecule has 0 radical (unpaired) electrons. The van der Waals surface area contributed by atoms with Crippen LogP contribution in [0.3, 0.4) is 0 Å². The molecule has 2 aliphatic heterocycles. The molecule has 7 heteroatoms. The Hall–Kier alpha value is -2.96. The summed E-state index contributed by atoms with van der Waals surface area (Å²) in [6.07, 6.45) is 1.51. The van der Waals surface area contributed by atoms with Crippen LogP contribution in [0.5, 0.6) is 0 Å². The zero-order valence-corrected chi connectivity index (χ0v) is 16.8. The summed E-state index contributed by atoms with van der Waals surface area (Å²) in [6.45, 7) is 3.21. The summed E-state index contributed by atoms with van der Waals surface area (Å²) in [4.78, 5) is 31.3. The molecule has 0 bridgehead atoms. The van der Waals surface area contributed by atoms with Gasteiger partial charge in [-0.1, -0.05) is 12.1 Å². The molecule has 2 aromatic rings. The number of amides is 2. The van der Waals surface area contributed by atoms with Gasteiger partial charge in [0.25, 0.3) is 5.91 Å². The van der Waals surface area contributed by atoms with Crippen molar-refractivity contribution in [3.05, 3.63) is 65.7 Å². The van der Waals surface area contributed by atoms with Crippen molar-refractivity contribution in [2.45, 2.75) is 12.8 Å². The molecule has 0 N–H and O–H groups in total. The van der Waals surface area contributed by atoms with E-state index in [-0.39, 0.29) is 29.4 Å². The number of nitrogens with zero attached hydrogens (tertiary/aromatic N) is 3. The molecule has 0 saturated carbocycles. The van der Waals surface area contributed by atoms with Gasteiger partial charge in [-0.15, -0.1) is 0 Å². The lowest BCUT2D eigenvalue weighted by Gasteiger charge is -2.39. The Kier molecular flexibility index (Phi) is 5.97. The maximum Gasteiger partial charge on any atom is 0.253 e. The van der Waals surface area contributed by atoms with Crippen LogP contribution in [0.4, 0.5) is 14.5 Å². The van der Waals surface area contributed by atoms with E-state index in [1.54, 1.807) is 17.0 Å². The highest BCUT2D eigenvalue weighted by molar-refractivity contribution is 5.94. The van der Waals surface area contributed by atoms with E-state index < -0.39 is 0 Å². The van der Waals surface area contributed by atoms with E-state index in [2.05, 4.69) is 0 Å². The fourth-order valence-corrected chi connectivity index (χ4v) is 4.27. The molecule has 2 heterocycles. The quantitative estimate of drug-likeness (QED) is 0.777. The van der Waals surface area contributed by atoms with Crippen molar-refractivity contribution in [1.82, 2.24) is 9.80 Å². The van der Waals surface area contributed by atoms with Gasteiger partial charge in [0, 0.05) is 44.8 Å². The standard InChI is InChI=1S/C23H25F2N3O2/c24-19-9-7-17(8-10-19)22(29)28-11-3-4-18(16-28)23(30)27-14-12-26(13-15-27)21-6-2-1-5-20(21)25/h1-2,5-10,18H,3-4,11-16H2/t18-/m0/s1. The van der Waals surface area contributed by atoms with Gasteiger partial charge < -0.3 is 14.7 Å². The van der Waals surface area contributed by atoms with Gasteiger partial charge in [0.05, 0.1) is 11.6 Å². The summed E-state index contributed by atoms with van der Waals surface area (Å²) in [7, 11) is 0.